The first-order valence-corrected chi connectivity index (χ1v) is 5.03. The lowest BCUT2D eigenvalue weighted by molar-refractivity contribution is -0.118. The normalized spacial score (nSPS) is 13.7. The van der Waals surface area contributed by atoms with Crippen LogP contribution in [-0.2, 0) is 4.79 Å². The van der Waals surface area contributed by atoms with Crippen LogP contribution in [0.15, 0.2) is 14.8 Å². The fourth-order valence-electron chi connectivity index (χ4n) is 0.730. The van der Waals surface area contributed by atoms with Crippen LogP contribution in [0.25, 0.3) is 0 Å². The molecule has 0 aliphatic rings. The number of thioether (sulfide) groups is 1. The van der Waals surface area contributed by atoms with E-state index in [-0.39, 0.29) is 22.3 Å². The maximum Gasteiger partial charge on any atom is 0.235 e. The number of aromatic nitrogens is 2. The standard InChI is InChI=1S/C6H10N6O3S/c7-2(5(9)13)1-16-6-3(4(8)10-14)11-15-12-6/h2,14H,1,7H2,(H2,8,10)(H2,9,13). The van der Waals surface area contributed by atoms with Gasteiger partial charge in [0.15, 0.2) is 16.6 Å². The van der Waals surface area contributed by atoms with Gasteiger partial charge in [0, 0.05) is 5.75 Å². The van der Waals surface area contributed by atoms with Gasteiger partial charge in [0.05, 0.1) is 6.04 Å². The first-order valence-electron chi connectivity index (χ1n) is 4.04. The Bertz CT molecular complexity index is 405. The van der Waals surface area contributed by atoms with Gasteiger partial charge in [0.2, 0.25) is 5.91 Å². The predicted octanol–water partition coefficient (Wildman–Crippen LogP) is -1.93. The minimum atomic E-state index is -0.818. The second-order valence-corrected chi connectivity index (χ2v) is 3.73. The quantitative estimate of drug-likeness (QED) is 0.153. The van der Waals surface area contributed by atoms with Crippen LogP contribution >= 0.6 is 11.8 Å². The molecule has 10 heteroatoms. The molecule has 88 valence electrons. The van der Waals surface area contributed by atoms with E-state index in [1.807, 2.05) is 0 Å². The van der Waals surface area contributed by atoms with Crippen LogP contribution in [0.2, 0.25) is 0 Å². The van der Waals surface area contributed by atoms with Crippen molar-refractivity contribution >= 4 is 23.5 Å². The minimum absolute atomic E-state index is 0.0872. The monoisotopic (exact) mass is 246 g/mol. The Hall–Kier alpha value is -1.81. The largest absolute Gasteiger partial charge is 0.409 e. The average Bonchev–Trinajstić information content (AvgIpc) is 2.72. The third-order valence-electron chi connectivity index (χ3n) is 1.57. The Labute approximate surface area is 94.0 Å². The molecule has 1 aromatic rings. The molecule has 0 spiro atoms. The van der Waals surface area contributed by atoms with Crippen LogP contribution < -0.4 is 17.2 Å². The summed E-state index contributed by atoms with van der Waals surface area (Å²) in [6, 6.07) is -0.818. The molecule has 0 saturated carbocycles. The summed E-state index contributed by atoms with van der Waals surface area (Å²) in [5.74, 6) is -0.680. The van der Waals surface area contributed by atoms with Gasteiger partial charge in [-0.25, -0.2) is 4.63 Å². The van der Waals surface area contributed by atoms with Crippen molar-refractivity contribution in [1.82, 2.24) is 10.3 Å². The highest BCUT2D eigenvalue weighted by atomic mass is 32.2. The summed E-state index contributed by atoms with van der Waals surface area (Å²) in [6.07, 6.45) is 0. The summed E-state index contributed by atoms with van der Waals surface area (Å²) in [4.78, 5) is 10.7. The molecule has 1 heterocycles. The molecule has 1 rings (SSSR count). The van der Waals surface area contributed by atoms with Gasteiger partial charge in [0.1, 0.15) is 0 Å². The summed E-state index contributed by atoms with van der Waals surface area (Å²) in [5.41, 5.74) is 15.8. The molecular weight excluding hydrogens is 236 g/mol. The molecular formula is C6H10N6O3S. The first kappa shape index (κ1) is 12.3. The molecule has 0 bridgehead atoms. The molecule has 0 aliphatic carbocycles. The number of rotatable bonds is 5. The Balaban J connectivity index is 2.68. The second kappa shape index (κ2) is 5.32. The van der Waals surface area contributed by atoms with E-state index in [4.69, 9.17) is 22.4 Å². The molecule has 0 aromatic carbocycles. The fourth-order valence-corrected chi connectivity index (χ4v) is 1.60. The number of hydrogen-bond acceptors (Lipinski definition) is 8. The van der Waals surface area contributed by atoms with Crippen LogP contribution in [0.5, 0.6) is 0 Å². The molecule has 0 fully saturated rings. The summed E-state index contributed by atoms with van der Waals surface area (Å²) >= 11 is 1.07. The van der Waals surface area contributed by atoms with Crippen molar-refractivity contribution in [3.8, 4) is 0 Å². The third kappa shape index (κ3) is 2.84. The van der Waals surface area contributed by atoms with E-state index in [0.29, 0.717) is 0 Å². The number of nitrogens with two attached hydrogens (primary N) is 3. The molecule has 1 aromatic heterocycles. The zero-order valence-corrected chi connectivity index (χ0v) is 8.85. The predicted molar refractivity (Wildman–Crippen MR) is 54.7 cm³/mol. The highest BCUT2D eigenvalue weighted by molar-refractivity contribution is 7.99. The number of nitrogens with zero attached hydrogens (tertiary/aromatic N) is 3. The van der Waals surface area contributed by atoms with Crippen molar-refractivity contribution in [1.29, 1.82) is 0 Å². The van der Waals surface area contributed by atoms with Crippen LogP contribution in [0.3, 0.4) is 0 Å². The summed E-state index contributed by atoms with van der Waals surface area (Å²) < 4.78 is 4.41. The lowest BCUT2D eigenvalue weighted by Gasteiger charge is -2.04. The molecule has 16 heavy (non-hydrogen) atoms. The van der Waals surface area contributed by atoms with Crippen molar-refractivity contribution in [2.24, 2.45) is 22.4 Å². The minimum Gasteiger partial charge on any atom is -0.409 e. The van der Waals surface area contributed by atoms with Gasteiger partial charge in [-0.2, -0.15) is 0 Å². The smallest absolute Gasteiger partial charge is 0.235 e. The number of carbonyl (C=O) groups is 1. The number of primary amides is 1. The lowest BCUT2D eigenvalue weighted by atomic mass is 10.3. The summed E-state index contributed by atoms with van der Waals surface area (Å²) in [7, 11) is 0. The summed E-state index contributed by atoms with van der Waals surface area (Å²) in [5, 5.41) is 18.4. The SMILES string of the molecule is NC(=O)C(N)CSc1nonc1/C(N)=N/O. The zero-order valence-electron chi connectivity index (χ0n) is 8.03. The molecule has 9 nitrogen and oxygen atoms in total. The van der Waals surface area contributed by atoms with Gasteiger partial charge in [-0.1, -0.05) is 16.9 Å². The van der Waals surface area contributed by atoms with Crippen molar-refractivity contribution in [2.75, 3.05) is 5.75 Å². The molecule has 7 N–H and O–H groups in total. The maximum atomic E-state index is 10.7. The molecule has 0 aliphatic heterocycles. The van der Waals surface area contributed by atoms with Gasteiger partial charge in [-0.3, -0.25) is 4.79 Å². The maximum absolute atomic E-state index is 10.7. The Morgan fingerprint density at radius 3 is 2.81 bits per heavy atom. The van der Waals surface area contributed by atoms with Crippen molar-refractivity contribution in [3.63, 3.8) is 0 Å². The number of hydrogen-bond donors (Lipinski definition) is 4. The highest BCUT2D eigenvalue weighted by Gasteiger charge is 2.17. The Kier molecular flexibility index (Phi) is 4.08. The third-order valence-corrected chi connectivity index (χ3v) is 2.64. The average molecular weight is 246 g/mol. The summed E-state index contributed by atoms with van der Waals surface area (Å²) in [6.45, 7) is 0. The van der Waals surface area contributed by atoms with E-state index < -0.39 is 11.9 Å². The number of amidine groups is 1. The van der Waals surface area contributed by atoms with E-state index in [1.165, 1.54) is 0 Å². The molecule has 1 atom stereocenters. The van der Waals surface area contributed by atoms with Crippen LogP contribution in [0, 0.1) is 0 Å². The van der Waals surface area contributed by atoms with Gasteiger partial charge in [-0.15, -0.1) is 0 Å². The van der Waals surface area contributed by atoms with E-state index in [0.717, 1.165) is 11.8 Å². The van der Waals surface area contributed by atoms with E-state index >= 15 is 0 Å². The zero-order chi connectivity index (χ0) is 12.1. The Morgan fingerprint density at radius 1 is 1.56 bits per heavy atom. The molecule has 0 saturated heterocycles. The number of oxime groups is 1. The topological polar surface area (TPSA) is 167 Å². The fraction of sp³-hybridized carbons (Fsp3) is 0.333. The van der Waals surface area contributed by atoms with Crippen LogP contribution in [0.4, 0.5) is 0 Å². The Morgan fingerprint density at radius 2 is 2.25 bits per heavy atom. The van der Waals surface area contributed by atoms with E-state index in [9.17, 15) is 4.79 Å². The van der Waals surface area contributed by atoms with Crippen LogP contribution in [-0.4, -0.2) is 39.1 Å². The van der Waals surface area contributed by atoms with Crippen LogP contribution in [0.1, 0.15) is 5.69 Å². The number of carbonyl (C=O) groups excluding carboxylic acids is 1. The molecule has 0 radical (unpaired) electrons. The first-order chi connectivity index (χ1) is 7.56. The van der Waals surface area contributed by atoms with Crippen molar-refractivity contribution in [3.05, 3.63) is 5.69 Å². The lowest BCUT2D eigenvalue weighted by Crippen LogP contribution is -2.38. The van der Waals surface area contributed by atoms with Crippen molar-refractivity contribution < 1.29 is 14.6 Å². The second-order valence-electron chi connectivity index (χ2n) is 2.72. The highest BCUT2D eigenvalue weighted by Crippen LogP contribution is 2.19. The molecule has 1 amide bonds. The van der Waals surface area contributed by atoms with E-state index in [1.54, 1.807) is 0 Å². The van der Waals surface area contributed by atoms with Crippen molar-refractivity contribution in [2.45, 2.75) is 11.1 Å². The van der Waals surface area contributed by atoms with E-state index in [2.05, 4.69) is 20.1 Å². The van der Waals surface area contributed by atoms with Gasteiger partial charge < -0.3 is 22.4 Å². The van der Waals surface area contributed by atoms with Gasteiger partial charge in [-0.05, 0) is 10.3 Å². The van der Waals surface area contributed by atoms with Gasteiger partial charge in [0.25, 0.3) is 0 Å². The molecule has 1 unspecified atom stereocenters. The number of amides is 1. The van der Waals surface area contributed by atoms with Gasteiger partial charge >= 0.3 is 0 Å².